The second-order valence-corrected chi connectivity index (χ2v) is 13.0. The molecule has 7 nitrogen and oxygen atoms in total. The minimum Gasteiger partial charge on any atom is -0.471 e. The SMILES string of the molecule is C#CCC1CCCCCC(c2cncc(-c3cn(-c4c(F)ccc(NS(=O)(=O)c5ccoc5)c4Cl)[nH]3)c2)C(C)CC1. The van der Waals surface area contributed by atoms with Crippen LogP contribution in [-0.4, -0.2) is 23.2 Å². The van der Waals surface area contributed by atoms with E-state index in [-0.39, 0.29) is 21.3 Å². The van der Waals surface area contributed by atoms with Crippen molar-refractivity contribution in [1.82, 2.24) is 14.8 Å². The number of aromatic amines is 1. The number of rotatable bonds is 7. The van der Waals surface area contributed by atoms with E-state index >= 15 is 0 Å². The molecule has 0 bridgehead atoms. The number of H-pyrrole nitrogens is 1. The molecule has 216 valence electrons. The van der Waals surface area contributed by atoms with Crippen LogP contribution in [0, 0.1) is 30.0 Å². The highest BCUT2D eigenvalue weighted by Gasteiger charge is 2.24. The number of anilines is 1. The van der Waals surface area contributed by atoms with Gasteiger partial charge in [0, 0.05) is 24.4 Å². The largest absolute Gasteiger partial charge is 0.471 e. The molecule has 0 spiro atoms. The summed E-state index contributed by atoms with van der Waals surface area (Å²) in [5.74, 6) is 3.77. The number of aromatic nitrogens is 3. The Morgan fingerprint density at radius 1 is 1.20 bits per heavy atom. The maximum Gasteiger partial charge on any atom is 0.265 e. The van der Waals surface area contributed by atoms with Crippen molar-refractivity contribution in [2.24, 2.45) is 11.8 Å². The summed E-state index contributed by atoms with van der Waals surface area (Å²) < 4.78 is 48.8. The quantitative estimate of drug-likeness (QED) is 0.210. The van der Waals surface area contributed by atoms with Crippen LogP contribution in [0.5, 0.6) is 0 Å². The van der Waals surface area contributed by atoms with Crippen LogP contribution in [0.15, 0.2) is 64.7 Å². The van der Waals surface area contributed by atoms with E-state index in [1.54, 1.807) is 12.4 Å². The molecule has 1 aliphatic carbocycles. The zero-order valence-corrected chi connectivity index (χ0v) is 24.5. The molecule has 3 atom stereocenters. The van der Waals surface area contributed by atoms with Gasteiger partial charge < -0.3 is 4.42 Å². The van der Waals surface area contributed by atoms with Gasteiger partial charge in [-0.1, -0.05) is 37.8 Å². The van der Waals surface area contributed by atoms with Crippen LogP contribution in [0.3, 0.4) is 0 Å². The van der Waals surface area contributed by atoms with Crippen LogP contribution in [0.25, 0.3) is 16.9 Å². The van der Waals surface area contributed by atoms with Crippen LogP contribution >= 0.6 is 11.6 Å². The molecule has 0 aliphatic heterocycles. The number of nitrogens with zero attached hydrogens (tertiary/aromatic N) is 2. The smallest absolute Gasteiger partial charge is 0.265 e. The molecule has 3 heterocycles. The summed E-state index contributed by atoms with van der Waals surface area (Å²) >= 11 is 6.48. The summed E-state index contributed by atoms with van der Waals surface area (Å²) in [5, 5.41) is 3.05. The Labute approximate surface area is 245 Å². The van der Waals surface area contributed by atoms with Gasteiger partial charge in [0.1, 0.15) is 22.7 Å². The number of terminal acetylenes is 1. The number of furan rings is 1. The molecule has 41 heavy (non-hydrogen) atoms. The van der Waals surface area contributed by atoms with Gasteiger partial charge in [-0.2, -0.15) is 0 Å². The molecular formula is C31H34ClFN4O3S. The van der Waals surface area contributed by atoms with Gasteiger partial charge in [0.15, 0.2) is 0 Å². The number of pyridine rings is 1. The topological polar surface area (TPSA) is 92.9 Å². The Bertz CT molecular complexity index is 1610. The second-order valence-electron chi connectivity index (χ2n) is 10.9. The van der Waals surface area contributed by atoms with Gasteiger partial charge >= 0.3 is 0 Å². The van der Waals surface area contributed by atoms with E-state index in [1.807, 2.05) is 6.20 Å². The van der Waals surface area contributed by atoms with Gasteiger partial charge in [0.25, 0.3) is 10.0 Å². The number of hydrogen-bond donors (Lipinski definition) is 2. The number of nitrogens with one attached hydrogen (secondary N) is 2. The summed E-state index contributed by atoms with van der Waals surface area (Å²) in [4.78, 5) is 4.48. The van der Waals surface area contributed by atoms with Crippen LogP contribution in [-0.2, 0) is 10.0 Å². The minimum absolute atomic E-state index is 0.00871. The lowest BCUT2D eigenvalue weighted by Crippen LogP contribution is -2.16. The van der Waals surface area contributed by atoms with Gasteiger partial charge in [0.05, 0.1) is 28.9 Å². The van der Waals surface area contributed by atoms with Crippen molar-refractivity contribution >= 4 is 27.3 Å². The van der Waals surface area contributed by atoms with Crippen molar-refractivity contribution in [3.8, 4) is 29.3 Å². The summed E-state index contributed by atoms with van der Waals surface area (Å²) in [5.41, 5.74) is 2.91. The first-order chi connectivity index (χ1) is 19.8. The first-order valence-electron chi connectivity index (χ1n) is 14.0. The third-order valence-corrected chi connectivity index (χ3v) is 9.83. The molecule has 0 saturated heterocycles. The fourth-order valence-corrected chi connectivity index (χ4v) is 7.08. The summed E-state index contributed by atoms with van der Waals surface area (Å²) in [7, 11) is -3.95. The Hall–Kier alpha value is -3.48. The minimum atomic E-state index is -3.95. The Morgan fingerprint density at radius 2 is 2.00 bits per heavy atom. The van der Waals surface area contributed by atoms with E-state index in [0.717, 1.165) is 43.2 Å². The first-order valence-corrected chi connectivity index (χ1v) is 15.8. The third-order valence-electron chi connectivity index (χ3n) is 8.11. The maximum absolute atomic E-state index is 14.9. The molecule has 1 aliphatic rings. The van der Waals surface area contributed by atoms with Crippen LogP contribution in [0.2, 0.25) is 5.02 Å². The molecular weight excluding hydrogens is 563 g/mol. The van der Waals surface area contributed by atoms with Crippen molar-refractivity contribution in [2.75, 3.05) is 4.72 Å². The van der Waals surface area contributed by atoms with E-state index < -0.39 is 15.8 Å². The van der Waals surface area contributed by atoms with E-state index in [0.29, 0.717) is 17.8 Å². The summed E-state index contributed by atoms with van der Waals surface area (Å²) in [6.45, 7) is 2.33. The van der Waals surface area contributed by atoms with Gasteiger partial charge in [0.2, 0.25) is 0 Å². The fourth-order valence-electron chi connectivity index (χ4n) is 5.74. The first kappa shape index (κ1) is 29.0. The average molecular weight is 597 g/mol. The predicted molar refractivity (Wildman–Crippen MR) is 159 cm³/mol. The van der Waals surface area contributed by atoms with E-state index in [9.17, 15) is 12.8 Å². The number of halogens is 2. The second kappa shape index (κ2) is 12.6. The van der Waals surface area contributed by atoms with Crippen LogP contribution in [0.4, 0.5) is 10.1 Å². The molecule has 1 saturated carbocycles. The van der Waals surface area contributed by atoms with Gasteiger partial charge in [-0.05, 0) is 73.3 Å². The molecule has 1 aromatic carbocycles. The zero-order chi connectivity index (χ0) is 29.0. The van der Waals surface area contributed by atoms with Crippen LogP contribution in [0.1, 0.15) is 69.8 Å². The molecule has 10 heteroatoms. The lowest BCUT2D eigenvalue weighted by Gasteiger charge is -2.28. The Kier molecular flexibility index (Phi) is 8.91. The highest BCUT2D eigenvalue weighted by Crippen LogP contribution is 2.38. The standard InChI is InChI=1S/C31H34ClFN4O3S/c1-3-7-22-8-5-4-6-9-26(21(2)10-11-22)23-16-24(18-34-17-23)29-19-37(35-29)31-27(33)12-13-28(30(31)32)36-41(38,39)25-14-15-40-20-25/h1,12-22,26,35-36H,4-11H2,2H3. The van der Waals surface area contributed by atoms with E-state index in [2.05, 4.69) is 33.7 Å². The third kappa shape index (κ3) is 6.55. The van der Waals surface area contributed by atoms with Crippen LogP contribution < -0.4 is 4.72 Å². The molecule has 3 aromatic heterocycles. The molecule has 4 aromatic rings. The number of sulfonamides is 1. The number of hydrogen-bond acceptors (Lipinski definition) is 4. The van der Waals surface area contributed by atoms with Gasteiger partial charge in [-0.15, -0.1) is 12.3 Å². The maximum atomic E-state index is 14.9. The molecule has 3 unspecified atom stereocenters. The normalized spacial score (nSPS) is 20.4. The van der Waals surface area contributed by atoms with Crippen molar-refractivity contribution in [3.63, 3.8) is 0 Å². The Morgan fingerprint density at radius 3 is 2.76 bits per heavy atom. The van der Waals surface area contributed by atoms with E-state index in [1.165, 1.54) is 60.4 Å². The van der Waals surface area contributed by atoms with E-state index in [4.69, 9.17) is 22.4 Å². The van der Waals surface area contributed by atoms with Crippen molar-refractivity contribution in [2.45, 2.75) is 69.1 Å². The van der Waals surface area contributed by atoms with Gasteiger partial charge in [-0.25, -0.2) is 12.8 Å². The van der Waals surface area contributed by atoms with Crippen molar-refractivity contribution in [3.05, 3.63) is 71.8 Å². The molecule has 5 rings (SSSR count). The van der Waals surface area contributed by atoms with Gasteiger partial charge in [-0.3, -0.25) is 19.5 Å². The molecule has 0 radical (unpaired) electrons. The fraction of sp³-hybridized carbons (Fsp3) is 0.387. The monoisotopic (exact) mass is 596 g/mol. The zero-order valence-electron chi connectivity index (χ0n) is 22.9. The Balaban J connectivity index is 1.36. The highest BCUT2D eigenvalue weighted by atomic mass is 35.5. The lowest BCUT2D eigenvalue weighted by atomic mass is 9.78. The molecule has 2 N–H and O–H groups in total. The van der Waals surface area contributed by atoms with Crippen molar-refractivity contribution < 1.29 is 17.2 Å². The van der Waals surface area contributed by atoms with Crippen molar-refractivity contribution in [1.29, 1.82) is 0 Å². The average Bonchev–Trinajstić information content (AvgIpc) is 3.48. The number of benzene rings is 1. The molecule has 1 fully saturated rings. The predicted octanol–water partition coefficient (Wildman–Crippen LogP) is 8.16. The molecule has 0 amide bonds. The summed E-state index contributed by atoms with van der Waals surface area (Å²) in [6.07, 6.45) is 22.5. The summed E-state index contributed by atoms with van der Waals surface area (Å²) in [6, 6.07) is 5.92. The lowest BCUT2D eigenvalue weighted by molar-refractivity contribution is 0.317. The highest BCUT2D eigenvalue weighted by molar-refractivity contribution is 7.92.